The number of rotatable bonds is 7. The number of nitrogens with zero attached hydrogens (tertiary/aromatic N) is 2. The van der Waals surface area contributed by atoms with Crippen LogP contribution in [0.15, 0.2) is 51.5 Å². The highest BCUT2D eigenvalue weighted by molar-refractivity contribution is 6.33. The number of hydrogen-bond donors (Lipinski definition) is 1. The van der Waals surface area contributed by atoms with E-state index in [9.17, 15) is 9.59 Å². The summed E-state index contributed by atoms with van der Waals surface area (Å²) in [6.07, 6.45) is 1.48. The van der Waals surface area contributed by atoms with Crippen LogP contribution < -0.4 is 5.32 Å². The first-order chi connectivity index (χ1) is 13.5. The van der Waals surface area contributed by atoms with Crippen LogP contribution in [0.5, 0.6) is 0 Å². The second-order valence-corrected chi connectivity index (χ2v) is 6.67. The molecule has 0 unspecified atom stereocenters. The first kappa shape index (κ1) is 19.6. The zero-order chi connectivity index (χ0) is 20.1. The molecule has 1 aromatic carbocycles. The van der Waals surface area contributed by atoms with Crippen molar-refractivity contribution in [1.29, 1.82) is 0 Å². The van der Waals surface area contributed by atoms with E-state index in [4.69, 9.17) is 25.2 Å². The van der Waals surface area contributed by atoms with E-state index in [1.165, 1.54) is 6.26 Å². The number of carbonyl (C=O) groups is 2. The lowest BCUT2D eigenvalue weighted by molar-refractivity contribution is -0.149. The first-order valence-corrected chi connectivity index (χ1v) is 8.91. The largest absolute Gasteiger partial charge is 0.459 e. The highest BCUT2D eigenvalue weighted by Gasteiger charge is 2.27. The van der Waals surface area contributed by atoms with Gasteiger partial charge in [-0.15, -0.1) is 10.2 Å². The predicted octanol–water partition coefficient (Wildman–Crippen LogP) is 3.48. The number of carbonyl (C=O) groups excluding carboxylic acids is 2. The van der Waals surface area contributed by atoms with Gasteiger partial charge in [0.05, 0.1) is 16.8 Å². The molecule has 0 spiro atoms. The van der Waals surface area contributed by atoms with E-state index in [1.807, 2.05) is 0 Å². The molecule has 0 saturated heterocycles. The van der Waals surface area contributed by atoms with Gasteiger partial charge >= 0.3 is 5.97 Å². The predicted molar refractivity (Wildman–Crippen MR) is 99.3 cm³/mol. The Morgan fingerprint density at radius 3 is 2.64 bits per heavy atom. The van der Waals surface area contributed by atoms with Crippen LogP contribution in [0.1, 0.15) is 30.1 Å². The van der Waals surface area contributed by atoms with Crippen molar-refractivity contribution in [2.75, 3.05) is 0 Å². The monoisotopic (exact) mass is 403 g/mol. The van der Waals surface area contributed by atoms with E-state index in [0.717, 1.165) is 0 Å². The molecule has 0 bridgehead atoms. The fourth-order valence-corrected chi connectivity index (χ4v) is 2.62. The van der Waals surface area contributed by atoms with E-state index in [1.54, 1.807) is 50.2 Å². The number of aromatic nitrogens is 2. The Bertz CT molecular complexity index is 952. The van der Waals surface area contributed by atoms with Gasteiger partial charge in [0.15, 0.2) is 12.4 Å². The summed E-state index contributed by atoms with van der Waals surface area (Å²) in [5.74, 6) is -0.576. The lowest BCUT2D eigenvalue weighted by atomic mass is 10.0. The smallest absolute Gasteiger partial charge is 0.329 e. The van der Waals surface area contributed by atoms with Gasteiger partial charge in [0.1, 0.15) is 6.04 Å². The van der Waals surface area contributed by atoms with Gasteiger partial charge in [0, 0.05) is 0 Å². The van der Waals surface area contributed by atoms with E-state index in [-0.39, 0.29) is 29.9 Å². The Balaban J connectivity index is 1.62. The maximum atomic E-state index is 12.5. The van der Waals surface area contributed by atoms with Crippen LogP contribution in [0.3, 0.4) is 0 Å². The van der Waals surface area contributed by atoms with Crippen LogP contribution in [0.25, 0.3) is 11.7 Å². The van der Waals surface area contributed by atoms with Gasteiger partial charge in [0.2, 0.25) is 0 Å². The number of amides is 1. The maximum absolute atomic E-state index is 12.5. The third-order valence-electron chi connectivity index (χ3n) is 3.86. The minimum Gasteiger partial charge on any atom is -0.459 e. The third-order valence-corrected chi connectivity index (χ3v) is 4.19. The van der Waals surface area contributed by atoms with Gasteiger partial charge < -0.3 is 18.9 Å². The summed E-state index contributed by atoms with van der Waals surface area (Å²) in [5, 5.41) is 10.6. The van der Waals surface area contributed by atoms with Crippen molar-refractivity contribution < 1.29 is 23.2 Å². The standard InChI is InChI=1S/C19H18ClN3O5/c1-11(2)16(21-17(24)12-6-3-4-7-13(12)20)19(25)27-10-15-22-23-18(28-15)14-8-5-9-26-14/h3-9,11,16H,10H2,1-2H3,(H,21,24)/t16-/m0/s1. The molecule has 9 heteroatoms. The Morgan fingerprint density at radius 2 is 1.96 bits per heavy atom. The maximum Gasteiger partial charge on any atom is 0.329 e. The first-order valence-electron chi connectivity index (χ1n) is 8.54. The van der Waals surface area contributed by atoms with E-state index >= 15 is 0 Å². The molecule has 1 atom stereocenters. The molecule has 0 radical (unpaired) electrons. The minimum atomic E-state index is -0.865. The van der Waals surface area contributed by atoms with Crippen molar-refractivity contribution in [2.24, 2.45) is 5.92 Å². The molecular formula is C19H18ClN3O5. The molecule has 28 heavy (non-hydrogen) atoms. The zero-order valence-electron chi connectivity index (χ0n) is 15.2. The van der Waals surface area contributed by atoms with Gasteiger partial charge in [-0.1, -0.05) is 37.6 Å². The van der Waals surface area contributed by atoms with Crippen LogP contribution in [-0.4, -0.2) is 28.1 Å². The summed E-state index contributed by atoms with van der Waals surface area (Å²) in [6.45, 7) is 3.36. The van der Waals surface area contributed by atoms with Gasteiger partial charge in [-0.05, 0) is 30.2 Å². The second-order valence-electron chi connectivity index (χ2n) is 6.26. The summed E-state index contributed by atoms with van der Waals surface area (Å²) in [6, 6.07) is 9.08. The number of halogens is 1. The van der Waals surface area contributed by atoms with Gasteiger partial charge in [-0.2, -0.15) is 0 Å². The summed E-state index contributed by atoms with van der Waals surface area (Å²) >= 11 is 6.04. The molecule has 3 aromatic rings. The van der Waals surface area contributed by atoms with Gasteiger partial charge in [0.25, 0.3) is 17.7 Å². The van der Waals surface area contributed by atoms with Crippen molar-refractivity contribution in [3.8, 4) is 11.7 Å². The van der Waals surface area contributed by atoms with Crippen LogP contribution in [0.2, 0.25) is 5.02 Å². The van der Waals surface area contributed by atoms with E-state index < -0.39 is 17.9 Å². The molecule has 1 N–H and O–H groups in total. The molecule has 8 nitrogen and oxygen atoms in total. The second kappa shape index (κ2) is 8.71. The molecule has 146 valence electrons. The van der Waals surface area contributed by atoms with E-state index in [2.05, 4.69) is 15.5 Å². The summed E-state index contributed by atoms with van der Waals surface area (Å²) in [5.41, 5.74) is 0.280. The molecule has 0 aliphatic carbocycles. The molecule has 0 fully saturated rings. The molecule has 2 aromatic heterocycles. The fourth-order valence-electron chi connectivity index (χ4n) is 2.40. The summed E-state index contributed by atoms with van der Waals surface area (Å²) in [4.78, 5) is 24.9. The molecule has 0 aliphatic rings. The fraction of sp³-hybridized carbons (Fsp3) is 0.263. The van der Waals surface area contributed by atoms with Crippen molar-refractivity contribution in [3.05, 3.63) is 59.1 Å². The quantitative estimate of drug-likeness (QED) is 0.601. The molecule has 3 rings (SSSR count). The Labute approximate surface area is 165 Å². The third kappa shape index (κ3) is 4.58. The summed E-state index contributed by atoms with van der Waals surface area (Å²) in [7, 11) is 0. The number of benzene rings is 1. The summed E-state index contributed by atoms with van der Waals surface area (Å²) < 4.78 is 15.8. The number of nitrogens with one attached hydrogen (secondary N) is 1. The van der Waals surface area contributed by atoms with Crippen LogP contribution in [0, 0.1) is 5.92 Å². The average molecular weight is 404 g/mol. The molecule has 2 heterocycles. The molecule has 0 aliphatic heterocycles. The molecule has 1 amide bonds. The lowest BCUT2D eigenvalue weighted by Gasteiger charge is -2.20. The van der Waals surface area contributed by atoms with Crippen LogP contribution in [0.4, 0.5) is 0 Å². The van der Waals surface area contributed by atoms with Crippen molar-refractivity contribution in [2.45, 2.75) is 26.5 Å². The Morgan fingerprint density at radius 1 is 1.18 bits per heavy atom. The Hall–Kier alpha value is -3.13. The van der Waals surface area contributed by atoms with Crippen LogP contribution in [-0.2, 0) is 16.1 Å². The SMILES string of the molecule is CC(C)[C@H](NC(=O)c1ccccc1Cl)C(=O)OCc1nnc(-c2ccco2)o1. The van der Waals surface area contributed by atoms with Crippen molar-refractivity contribution in [3.63, 3.8) is 0 Å². The number of hydrogen-bond acceptors (Lipinski definition) is 7. The number of esters is 1. The van der Waals surface area contributed by atoms with Gasteiger partial charge in [-0.3, -0.25) is 4.79 Å². The topological polar surface area (TPSA) is 107 Å². The lowest BCUT2D eigenvalue weighted by Crippen LogP contribution is -2.45. The highest BCUT2D eigenvalue weighted by atomic mass is 35.5. The average Bonchev–Trinajstić information content (AvgIpc) is 3.35. The Kier molecular flexibility index (Phi) is 6.10. The molecule has 0 saturated carbocycles. The molecular weight excluding hydrogens is 386 g/mol. The van der Waals surface area contributed by atoms with E-state index in [0.29, 0.717) is 10.8 Å². The van der Waals surface area contributed by atoms with Crippen molar-refractivity contribution >= 4 is 23.5 Å². The highest BCUT2D eigenvalue weighted by Crippen LogP contribution is 2.19. The zero-order valence-corrected chi connectivity index (χ0v) is 16.0. The van der Waals surface area contributed by atoms with Crippen molar-refractivity contribution in [1.82, 2.24) is 15.5 Å². The number of furan rings is 1. The minimum absolute atomic E-state index is 0.111. The van der Waals surface area contributed by atoms with Crippen LogP contribution >= 0.6 is 11.6 Å². The number of ether oxygens (including phenoxy) is 1. The normalized spacial score (nSPS) is 12.0. The van der Waals surface area contributed by atoms with Gasteiger partial charge in [-0.25, -0.2) is 4.79 Å².